The summed E-state index contributed by atoms with van der Waals surface area (Å²) in [5.74, 6) is 2.56. The van der Waals surface area contributed by atoms with Gasteiger partial charge in [0.05, 0.1) is 11.6 Å². The van der Waals surface area contributed by atoms with E-state index in [2.05, 4.69) is 22.2 Å². The highest BCUT2D eigenvalue weighted by molar-refractivity contribution is 6.30. The van der Waals surface area contributed by atoms with Crippen LogP contribution in [-0.4, -0.2) is 28.0 Å². The standard InChI is InChI=1S/C24H24ClN3O2/c1-2-19(28-24(29)14-5-7-15(25)8-6-14)22-17-12-16(13-18(17)22)30-21-9-11-26-20-4-3-10-27-23(20)21/h3-11,16-19,22H,2,12-13H2,1H3,(H,28,29). The Morgan fingerprint density at radius 2 is 1.90 bits per heavy atom. The van der Waals surface area contributed by atoms with Gasteiger partial charge in [-0.15, -0.1) is 0 Å². The highest BCUT2D eigenvalue weighted by Gasteiger charge is 2.59. The molecule has 3 aromatic rings. The van der Waals surface area contributed by atoms with Gasteiger partial charge in [-0.3, -0.25) is 14.8 Å². The third kappa shape index (κ3) is 3.63. The summed E-state index contributed by atoms with van der Waals surface area (Å²) in [6, 6.07) is 13.0. The molecule has 2 saturated carbocycles. The van der Waals surface area contributed by atoms with E-state index in [1.54, 1.807) is 36.7 Å². The highest BCUT2D eigenvalue weighted by Crippen LogP contribution is 2.60. The van der Waals surface area contributed by atoms with E-state index in [4.69, 9.17) is 16.3 Å². The van der Waals surface area contributed by atoms with E-state index >= 15 is 0 Å². The lowest BCUT2D eigenvalue weighted by atomic mass is 10.00. The number of ether oxygens (including phenoxy) is 1. The molecule has 0 bridgehead atoms. The van der Waals surface area contributed by atoms with Gasteiger partial charge in [0.1, 0.15) is 11.3 Å². The van der Waals surface area contributed by atoms with Crippen molar-refractivity contribution in [1.82, 2.24) is 15.3 Å². The smallest absolute Gasteiger partial charge is 0.251 e. The third-order valence-corrected chi connectivity index (χ3v) is 6.80. The van der Waals surface area contributed by atoms with E-state index in [1.807, 2.05) is 18.2 Å². The van der Waals surface area contributed by atoms with Gasteiger partial charge in [0.25, 0.3) is 5.91 Å². The van der Waals surface area contributed by atoms with Crippen LogP contribution in [0.25, 0.3) is 11.0 Å². The third-order valence-electron chi connectivity index (χ3n) is 6.55. The van der Waals surface area contributed by atoms with Gasteiger partial charge in [-0.1, -0.05) is 18.5 Å². The number of fused-ring (bicyclic) bond motifs is 2. The average Bonchev–Trinajstić information content (AvgIpc) is 3.26. The molecule has 1 N–H and O–H groups in total. The van der Waals surface area contributed by atoms with E-state index in [9.17, 15) is 4.79 Å². The Hall–Kier alpha value is -2.66. The largest absolute Gasteiger partial charge is 0.488 e. The lowest BCUT2D eigenvalue weighted by molar-refractivity contribution is 0.0924. The minimum atomic E-state index is -0.0226. The van der Waals surface area contributed by atoms with E-state index < -0.39 is 0 Å². The molecule has 2 aliphatic carbocycles. The second-order valence-corrected chi connectivity index (χ2v) is 8.73. The minimum Gasteiger partial charge on any atom is -0.488 e. The van der Waals surface area contributed by atoms with E-state index in [0.29, 0.717) is 28.3 Å². The molecule has 1 aromatic carbocycles. The molecular formula is C24H24ClN3O2. The summed E-state index contributed by atoms with van der Waals surface area (Å²) in [6.07, 6.45) is 6.74. The summed E-state index contributed by atoms with van der Waals surface area (Å²) in [7, 11) is 0. The SMILES string of the molecule is CCC(NC(=O)c1ccc(Cl)cc1)C1C2CC(Oc3ccnc4cccnc34)CC21. The lowest BCUT2D eigenvalue weighted by Gasteiger charge is -2.22. The minimum absolute atomic E-state index is 0.0226. The first-order valence-corrected chi connectivity index (χ1v) is 10.9. The van der Waals surface area contributed by atoms with Crippen molar-refractivity contribution in [2.75, 3.05) is 0 Å². The number of benzene rings is 1. The van der Waals surface area contributed by atoms with Crippen molar-refractivity contribution >= 4 is 28.5 Å². The molecule has 3 atom stereocenters. The number of nitrogens with zero attached hydrogens (tertiary/aromatic N) is 2. The van der Waals surface area contributed by atoms with Crippen LogP contribution in [0.5, 0.6) is 5.75 Å². The molecule has 2 aliphatic rings. The van der Waals surface area contributed by atoms with E-state index in [0.717, 1.165) is 36.0 Å². The Kier molecular flexibility index (Phi) is 5.07. The predicted molar refractivity (Wildman–Crippen MR) is 117 cm³/mol. The van der Waals surface area contributed by atoms with Gasteiger partial charge in [0.15, 0.2) is 0 Å². The van der Waals surface area contributed by atoms with Gasteiger partial charge in [-0.25, -0.2) is 0 Å². The normalized spacial score (nSPS) is 25.5. The van der Waals surface area contributed by atoms with Crippen LogP contribution in [0, 0.1) is 17.8 Å². The predicted octanol–water partition coefficient (Wildman–Crippen LogP) is 4.90. The Morgan fingerprint density at radius 1 is 1.13 bits per heavy atom. The number of pyridine rings is 2. The monoisotopic (exact) mass is 421 g/mol. The molecule has 5 rings (SSSR count). The number of nitrogens with one attached hydrogen (secondary N) is 1. The molecule has 0 radical (unpaired) electrons. The van der Waals surface area contributed by atoms with Crippen LogP contribution in [0.3, 0.4) is 0 Å². The van der Waals surface area contributed by atoms with Crippen LogP contribution < -0.4 is 10.1 Å². The van der Waals surface area contributed by atoms with Crippen LogP contribution in [0.15, 0.2) is 54.9 Å². The van der Waals surface area contributed by atoms with Crippen LogP contribution in [0.1, 0.15) is 36.5 Å². The number of hydrogen-bond acceptors (Lipinski definition) is 4. The zero-order valence-electron chi connectivity index (χ0n) is 16.8. The van der Waals surface area contributed by atoms with Crippen molar-refractivity contribution in [3.63, 3.8) is 0 Å². The molecule has 2 fully saturated rings. The maximum atomic E-state index is 12.6. The maximum Gasteiger partial charge on any atom is 0.251 e. The van der Waals surface area contributed by atoms with Crippen LogP contribution in [-0.2, 0) is 0 Å². The first-order chi connectivity index (χ1) is 14.6. The fraction of sp³-hybridized carbons (Fsp3) is 0.375. The van der Waals surface area contributed by atoms with Crippen molar-refractivity contribution in [1.29, 1.82) is 0 Å². The Balaban J connectivity index is 1.20. The molecule has 2 aromatic heterocycles. The first-order valence-electron chi connectivity index (χ1n) is 10.6. The fourth-order valence-corrected chi connectivity index (χ4v) is 5.21. The van der Waals surface area contributed by atoms with Crippen molar-refractivity contribution < 1.29 is 9.53 Å². The van der Waals surface area contributed by atoms with Crippen molar-refractivity contribution in [2.24, 2.45) is 17.8 Å². The zero-order chi connectivity index (χ0) is 20.7. The molecule has 1 amide bonds. The average molecular weight is 422 g/mol. The Labute approximate surface area is 180 Å². The van der Waals surface area contributed by atoms with Crippen molar-refractivity contribution in [3.05, 3.63) is 65.4 Å². The molecule has 5 nitrogen and oxygen atoms in total. The zero-order valence-corrected chi connectivity index (χ0v) is 17.5. The summed E-state index contributed by atoms with van der Waals surface area (Å²) < 4.78 is 6.31. The number of rotatable bonds is 6. The molecule has 2 heterocycles. The number of halogens is 1. The molecule has 30 heavy (non-hydrogen) atoms. The molecular weight excluding hydrogens is 398 g/mol. The number of aromatic nitrogens is 2. The summed E-state index contributed by atoms with van der Waals surface area (Å²) in [5, 5.41) is 3.88. The summed E-state index contributed by atoms with van der Waals surface area (Å²) in [6.45, 7) is 2.14. The van der Waals surface area contributed by atoms with Gasteiger partial charge in [0, 0.05) is 35.1 Å². The molecule has 3 unspecified atom stereocenters. The van der Waals surface area contributed by atoms with Crippen molar-refractivity contribution in [3.8, 4) is 5.75 Å². The fourth-order valence-electron chi connectivity index (χ4n) is 5.09. The first kappa shape index (κ1) is 19.3. The summed E-state index contributed by atoms with van der Waals surface area (Å²) in [5.41, 5.74) is 2.33. The lowest BCUT2D eigenvalue weighted by Crippen LogP contribution is -2.37. The number of amides is 1. The van der Waals surface area contributed by atoms with E-state index in [1.165, 1.54) is 0 Å². The van der Waals surface area contributed by atoms with Crippen LogP contribution >= 0.6 is 11.6 Å². The van der Waals surface area contributed by atoms with Crippen LogP contribution in [0.2, 0.25) is 5.02 Å². The Bertz CT molecular complexity index is 1050. The molecule has 0 spiro atoms. The van der Waals surface area contributed by atoms with Gasteiger partial charge in [-0.2, -0.15) is 0 Å². The van der Waals surface area contributed by atoms with Gasteiger partial charge in [0.2, 0.25) is 0 Å². The molecule has 6 heteroatoms. The number of carbonyl (C=O) groups excluding carboxylic acids is 1. The number of carbonyl (C=O) groups is 1. The topological polar surface area (TPSA) is 64.1 Å². The quantitative estimate of drug-likeness (QED) is 0.615. The summed E-state index contributed by atoms with van der Waals surface area (Å²) >= 11 is 5.93. The number of hydrogen-bond donors (Lipinski definition) is 1. The molecule has 0 aliphatic heterocycles. The summed E-state index contributed by atoms with van der Waals surface area (Å²) in [4.78, 5) is 21.4. The van der Waals surface area contributed by atoms with Gasteiger partial charge < -0.3 is 10.1 Å². The second kappa shape index (κ2) is 7.88. The highest BCUT2D eigenvalue weighted by atomic mass is 35.5. The van der Waals surface area contributed by atoms with E-state index in [-0.39, 0.29) is 18.1 Å². The second-order valence-electron chi connectivity index (χ2n) is 8.29. The van der Waals surface area contributed by atoms with Crippen molar-refractivity contribution in [2.45, 2.75) is 38.3 Å². The maximum absolute atomic E-state index is 12.6. The van der Waals surface area contributed by atoms with Gasteiger partial charge in [-0.05, 0) is 73.4 Å². The molecule has 0 saturated heterocycles. The molecule has 154 valence electrons. The van der Waals surface area contributed by atoms with Gasteiger partial charge >= 0.3 is 0 Å². The van der Waals surface area contributed by atoms with Crippen LogP contribution in [0.4, 0.5) is 0 Å². The Morgan fingerprint density at radius 3 is 2.63 bits per heavy atom.